The molecule has 10 nitrogen and oxygen atoms in total. The quantitative estimate of drug-likeness (QED) is 0.160. The highest BCUT2D eigenvalue weighted by molar-refractivity contribution is 6.37. The molecule has 0 saturated heterocycles. The van der Waals surface area contributed by atoms with Crippen LogP contribution in [0.25, 0.3) is 17.0 Å². The number of benzene rings is 1. The smallest absolute Gasteiger partial charge is 0.140 e. The average molecular weight is 486 g/mol. The Bertz CT molecular complexity index is 1330. The molecule has 0 aliphatic carbocycles. The number of aromatic nitrogens is 4. The Balaban J connectivity index is 1.42. The summed E-state index contributed by atoms with van der Waals surface area (Å²) in [6, 6.07) is 13.7. The molecule has 1 aromatic carbocycles. The van der Waals surface area contributed by atoms with Gasteiger partial charge in [-0.3, -0.25) is 4.40 Å². The first kappa shape index (κ1) is 24.8. The lowest BCUT2D eigenvalue weighted by Crippen LogP contribution is -2.15. The lowest BCUT2D eigenvalue weighted by atomic mass is 10.1. The number of imidazole rings is 1. The van der Waals surface area contributed by atoms with Crippen LogP contribution < -0.4 is 15.5 Å². The van der Waals surface area contributed by atoms with E-state index in [4.69, 9.17) is 10.1 Å². The van der Waals surface area contributed by atoms with Gasteiger partial charge >= 0.3 is 0 Å². The van der Waals surface area contributed by atoms with Crippen molar-refractivity contribution < 1.29 is 4.74 Å². The van der Waals surface area contributed by atoms with Crippen molar-refractivity contribution in [3.05, 3.63) is 72.3 Å². The van der Waals surface area contributed by atoms with Gasteiger partial charge in [0.25, 0.3) is 0 Å². The predicted molar refractivity (Wildman–Crippen MR) is 143 cm³/mol. The summed E-state index contributed by atoms with van der Waals surface area (Å²) in [5.41, 5.74) is 7.71. The van der Waals surface area contributed by atoms with Gasteiger partial charge in [0.1, 0.15) is 29.3 Å². The van der Waals surface area contributed by atoms with Gasteiger partial charge in [0.2, 0.25) is 0 Å². The maximum Gasteiger partial charge on any atom is 0.140 e. The highest BCUT2D eigenvalue weighted by Gasteiger charge is 2.10. The van der Waals surface area contributed by atoms with Gasteiger partial charge in [0.15, 0.2) is 0 Å². The van der Waals surface area contributed by atoms with E-state index in [0.29, 0.717) is 18.9 Å². The molecule has 3 aromatic heterocycles. The zero-order valence-corrected chi connectivity index (χ0v) is 20.8. The van der Waals surface area contributed by atoms with E-state index in [1.807, 2.05) is 59.3 Å². The molecular weight excluding hydrogens is 454 g/mol. The standard InChI is InChI=1S/C26H31N9O/c1-28-33-23(15-27)20-7-5-19(6-8-20)16-29-25-14-22(31-18-32-25)24-17-30-26-13-21(9-11-35(24)26)36-12-4-10-34(2)3/h5-9,11,13-15,17-18,27-28H,4,10,12,16H2,1-3H3,(H,29,31,32)/b27-15?,33-23+. The summed E-state index contributed by atoms with van der Waals surface area (Å²) in [5, 5.41) is 14.9. The molecular formula is C26H31N9O. The fourth-order valence-corrected chi connectivity index (χ4v) is 3.69. The minimum absolute atomic E-state index is 0.577. The molecule has 0 saturated carbocycles. The zero-order chi connectivity index (χ0) is 25.3. The number of ether oxygens (including phenoxy) is 1. The fraction of sp³-hybridized carbons (Fsp3) is 0.269. The summed E-state index contributed by atoms with van der Waals surface area (Å²) in [6.45, 7) is 2.25. The number of pyridine rings is 1. The fourth-order valence-electron chi connectivity index (χ4n) is 3.69. The molecule has 0 aliphatic rings. The largest absolute Gasteiger partial charge is 0.493 e. The monoisotopic (exact) mass is 485 g/mol. The third kappa shape index (κ3) is 6.22. The normalized spacial score (nSPS) is 11.6. The van der Waals surface area contributed by atoms with Gasteiger partial charge in [0.05, 0.1) is 24.2 Å². The van der Waals surface area contributed by atoms with Crippen molar-refractivity contribution in [3.63, 3.8) is 0 Å². The third-order valence-electron chi connectivity index (χ3n) is 5.52. The van der Waals surface area contributed by atoms with E-state index >= 15 is 0 Å². The summed E-state index contributed by atoms with van der Waals surface area (Å²) in [4.78, 5) is 15.5. The molecule has 10 heteroatoms. The Labute approximate surface area is 210 Å². The second-order valence-corrected chi connectivity index (χ2v) is 8.44. The number of nitrogens with one attached hydrogen (secondary N) is 3. The molecule has 3 N–H and O–H groups in total. The highest BCUT2D eigenvalue weighted by Crippen LogP contribution is 2.23. The van der Waals surface area contributed by atoms with Crippen LogP contribution in [-0.2, 0) is 6.54 Å². The molecule has 4 rings (SSSR count). The zero-order valence-electron chi connectivity index (χ0n) is 20.8. The topological polar surface area (TPSA) is 116 Å². The molecule has 0 fully saturated rings. The molecule has 0 radical (unpaired) electrons. The van der Waals surface area contributed by atoms with Crippen LogP contribution in [0.5, 0.6) is 5.75 Å². The number of hydrogen-bond donors (Lipinski definition) is 3. The van der Waals surface area contributed by atoms with Crippen LogP contribution in [0, 0.1) is 5.41 Å². The van der Waals surface area contributed by atoms with E-state index in [0.717, 1.165) is 52.7 Å². The summed E-state index contributed by atoms with van der Waals surface area (Å²) >= 11 is 0. The Kier molecular flexibility index (Phi) is 8.20. The third-order valence-corrected chi connectivity index (χ3v) is 5.52. The van der Waals surface area contributed by atoms with Crippen molar-refractivity contribution >= 4 is 23.4 Å². The second-order valence-electron chi connectivity index (χ2n) is 8.44. The van der Waals surface area contributed by atoms with Crippen molar-refractivity contribution in [2.24, 2.45) is 5.10 Å². The van der Waals surface area contributed by atoms with E-state index in [9.17, 15) is 0 Å². The SMILES string of the molecule is CN/N=C(\C=N)c1ccc(CNc2cc(-c3cnc4cc(OCCCN(C)C)ccn34)ncn2)cc1. The molecule has 36 heavy (non-hydrogen) atoms. The van der Waals surface area contributed by atoms with Gasteiger partial charge in [-0.15, -0.1) is 0 Å². The van der Waals surface area contributed by atoms with E-state index in [-0.39, 0.29) is 0 Å². The molecule has 0 atom stereocenters. The van der Waals surface area contributed by atoms with Gasteiger partial charge in [0, 0.05) is 50.2 Å². The first-order valence-electron chi connectivity index (χ1n) is 11.7. The predicted octanol–water partition coefficient (Wildman–Crippen LogP) is 3.31. The average Bonchev–Trinajstić information content (AvgIpc) is 3.32. The second kappa shape index (κ2) is 11.9. The maximum atomic E-state index is 7.50. The molecule has 0 spiro atoms. The molecule has 4 aromatic rings. The Hall–Kier alpha value is -4.31. The number of hydrogen-bond acceptors (Lipinski definition) is 9. The van der Waals surface area contributed by atoms with Crippen molar-refractivity contribution in [1.29, 1.82) is 5.41 Å². The number of hydrazone groups is 1. The van der Waals surface area contributed by atoms with Crippen molar-refractivity contribution in [3.8, 4) is 17.1 Å². The highest BCUT2D eigenvalue weighted by atomic mass is 16.5. The Morgan fingerprint density at radius 3 is 2.72 bits per heavy atom. The molecule has 0 unspecified atom stereocenters. The van der Waals surface area contributed by atoms with Crippen molar-refractivity contribution in [1.82, 2.24) is 29.7 Å². The van der Waals surface area contributed by atoms with Gasteiger partial charge in [-0.25, -0.2) is 15.0 Å². The number of nitrogens with zero attached hydrogens (tertiary/aromatic N) is 6. The first-order valence-corrected chi connectivity index (χ1v) is 11.7. The van der Waals surface area contributed by atoms with E-state index < -0.39 is 0 Å². The number of anilines is 1. The van der Waals surface area contributed by atoms with Crippen LogP contribution in [0.3, 0.4) is 0 Å². The van der Waals surface area contributed by atoms with E-state index in [2.05, 4.69) is 49.8 Å². The van der Waals surface area contributed by atoms with Gasteiger partial charge in [-0.2, -0.15) is 5.10 Å². The molecule has 186 valence electrons. The van der Waals surface area contributed by atoms with E-state index in [1.54, 1.807) is 13.4 Å². The molecule has 0 bridgehead atoms. The summed E-state index contributed by atoms with van der Waals surface area (Å²) in [6.07, 6.45) is 7.51. The van der Waals surface area contributed by atoms with Gasteiger partial charge in [-0.1, -0.05) is 24.3 Å². The minimum Gasteiger partial charge on any atom is -0.493 e. The van der Waals surface area contributed by atoms with Crippen LogP contribution in [0.1, 0.15) is 17.5 Å². The Morgan fingerprint density at radius 2 is 1.97 bits per heavy atom. The maximum absolute atomic E-state index is 7.50. The summed E-state index contributed by atoms with van der Waals surface area (Å²) in [5.74, 6) is 1.52. The van der Waals surface area contributed by atoms with Crippen LogP contribution in [0.15, 0.2) is 66.3 Å². The van der Waals surface area contributed by atoms with E-state index in [1.165, 1.54) is 6.21 Å². The lowest BCUT2D eigenvalue weighted by Gasteiger charge is -2.11. The van der Waals surface area contributed by atoms with Gasteiger partial charge in [-0.05, 0) is 32.1 Å². The minimum atomic E-state index is 0.577. The van der Waals surface area contributed by atoms with Crippen LogP contribution in [0.2, 0.25) is 0 Å². The summed E-state index contributed by atoms with van der Waals surface area (Å²) < 4.78 is 7.87. The summed E-state index contributed by atoms with van der Waals surface area (Å²) in [7, 11) is 5.83. The Morgan fingerprint density at radius 1 is 1.14 bits per heavy atom. The molecule has 0 amide bonds. The number of fused-ring (bicyclic) bond motifs is 1. The van der Waals surface area contributed by atoms with Gasteiger partial charge < -0.3 is 25.8 Å². The molecule has 3 heterocycles. The molecule has 0 aliphatic heterocycles. The lowest BCUT2D eigenvalue weighted by molar-refractivity contribution is 0.281. The van der Waals surface area contributed by atoms with Crippen molar-refractivity contribution in [2.75, 3.05) is 39.6 Å². The number of rotatable bonds is 12. The van der Waals surface area contributed by atoms with Crippen LogP contribution in [-0.4, -0.2) is 70.5 Å². The van der Waals surface area contributed by atoms with Crippen LogP contribution in [0.4, 0.5) is 5.82 Å². The first-order chi connectivity index (χ1) is 17.6. The van der Waals surface area contributed by atoms with Crippen LogP contribution >= 0.6 is 0 Å². The van der Waals surface area contributed by atoms with Crippen molar-refractivity contribution in [2.45, 2.75) is 13.0 Å².